The molecule has 4 nitrogen and oxygen atoms in total. The molecule has 0 atom stereocenters. The average molecular weight is 203 g/mol. The van der Waals surface area contributed by atoms with E-state index in [1.54, 1.807) is 25.1 Å². The lowest BCUT2D eigenvalue weighted by Gasteiger charge is -1.98. The molecule has 0 aromatic heterocycles. The van der Waals surface area contributed by atoms with Crippen molar-refractivity contribution in [1.82, 2.24) is 0 Å². The minimum Gasteiger partial charge on any atom is -0.302 e. The smallest absolute Gasteiger partial charge is 0.287 e. The van der Waals surface area contributed by atoms with Crippen molar-refractivity contribution in [2.24, 2.45) is 0 Å². The van der Waals surface area contributed by atoms with Crippen molar-refractivity contribution in [2.45, 2.75) is 13.3 Å². The maximum atomic E-state index is 10.7. The lowest BCUT2D eigenvalue weighted by molar-refractivity contribution is -0.385. The van der Waals surface area contributed by atoms with E-state index in [1.807, 2.05) is 0 Å². The summed E-state index contributed by atoms with van der Waals surface area (Å²) in [6.45, 7) is 1.66. The van der Waals surface area contributed by atoms with Crippen LogP contribution in [0.2, 0.25) is 0 Å². The zero-order chi connectivity index (χ0) is 11.3. The summed E-state index contributed by atoms with van der Waals surface area (Å²) < 4.78 is 0. The Balaban J connectivity index is 3.19. The number of nitro benzene ring substituents is 1. The minimum absolute atomic E-state index is 0.0101. The fraction of sp³-hybridized carbons (Fsp3) is 0.182. The number of nitrogens with zero attached hydrogens (tertiary/aromatic N) is 1. The second-order valence-corrected chi connectivity index (χ2v) is 2.90. The van der Waals surface area contributed by atoms with E-state index in [-0.39, 0.29) is 12.1 Å². The summed E-state index contributed by atoms with van der Waals surface area (Å²) in [4.78, 5) is 20.3. The summed E-state index contributed by atoms with van der Waals surface area (Å²) in [5, 5.41) is 10.7. The number of aryl methyl sites for hydroxylation is 1. The number of carbonyl (C=O) groups excluding carboxylic acids is 1. The fourth-order valence-corrected chi connectivity index (χ4v) is 1.19. The lowest BCUT2D eigenvalue weighted by Crippen LogP contribution is -1.95. The molecule has 1 aromatic rings. The average Bonchev–Trinajstić information content (AvgIpc) is 2.17. The molecule has 0 N–H and O–H groups in total. The van der Waals surface area contributed by atoms with Crippen LogP contribution >= 0.6 is 0 Å². The minimum atomic E-state index is -0.458. The summed E-state index contributed by atoms with van der Waals surface area (Å²) in [7, 11) is 0. The Morgan fingerprint density at radius 1 is 1.53 bits per heavy atom. The molecule has 0 spiro atoms. The number of hydrogen-bond donors (Lipinski definition) is 0. The Labute approximate surface area is 87.1 Å². The van der Waals surface area contributed by atoms with Crippen LogP contribution in [0.3, 0.4) is 0 Å². The number of aldehydes is 1. The molecular weight excluding hydrogens is 194 g/mol. The molecule has 0 aliphatic rings. The van der Waals surface area contributed by atoms with Crippen LogP contribution in [-0.4, -0.2) is 11.2 Å². The van der Waals surface area contributed by atoms with Crippen LogP contribution in [0.4, 0.5) is 5.69 Å². The van der Waals surface area contributed by atoms with Crippen molar-refractivity contribution in [3.05, 3.63) is 39.4 Å². The van der Waals surface area contributed by atoms with Crippen molar-refractivity contribution in [2.75, 3.05) is 0 Å². The van der Waals surface area contributed by atoms with Gasteiger partial charge in [-0.2, -0.15) is 0 Å². The topological polar surface area (TPSA) is 60.2 Å². The maximum Gasteiger partial charge on any atom is 0.287 e. The molecule has 0 aliphatic heterocycles. The normalized spacial score (nSPS) is 8.87. The third-order valence-electron chi connectivity index (χ3n) is 1.83. The van der Waals surface area contributed by atoms with Crippen LogP contribution in [0.1, 0.15) is 17.5 Å². The van der Waals surface area contributed by atoms with E-state index < -0.39 is 4.92 Å². The van der Waals surface area contributed by atoms with Gasteiger partial charge in [-0.1, -0.05) is 24.0 Å². The van der Waals surface area contributed by atoms with Crippen LogP contribution in [-0.2, 0) is 4.79 Å². The Kier molecular flexibility index (Phi) is 3.58. The standard InChI is InChI=1S/C11H9NO3/c1-9-5-4-7-10(6-2-3-8-13)11(9)12(14)15/h4-5,7-8H,3H2,1H3. The predicted octanol–water partition coefficient (Wildman–Crippen LogP) is 1.84. The highest BCUT2D eigenvalue weighted by molar-refractivity contribution is 5.59. The second-order valence-electron chi connectivity index (χ2n) is 2.90. The molecule has 0 saturated carbocycles. The third-order valence-corrected chi connectivity index (χ3v) is 1.83. The summed E-state index contributed by atoms with van der Waals surface area (Å²) in [5.41, 5.74) is 0.927. The number of benzene rings is 1. The molecule has 0 unspecified atom stereocenters. The van der Waals surface area contributed by atoms with Crippen molar-refractivity contribution in [3.63, 3.8) is 0 Å². The van der Waals surface area contributed by atoms with Gasteiger partial charge in [-0.05, 0) is 13.0 Å². The highest BCUT2D eigenvalue weighted by atomic mass is 16.6. The van der Waals surface area contributed by atoms with Crippen molar-refractivity contribution < 1.29 is 9.72 Å². The number of carbonyl (C=O) groups is 1. The molecule has 15 heavy (non-hydrogen) atoms. The quantitative estimate of drug-likeness (QED) is 0.319. The Bertz CT molecular complexity index is 455. The largest absolute Gasteiger partial charge is 0.302 e. The summed E-state index contributed by atoms with van der Waals surface area (Å²) in [6.07, 6.45) is 0.750. The Morgan fingerprint density at radius 3 is 2.87 bits per heavy atom. The van der Waals surface area contributed by atoms with Gasteiger partial charge >= 0.3 is 0 Å². The molecule has 0 aliphatic carbocycles. The van der Waals surface area contributed by atoms with E-state index in [2.05, 4.69) is 11.8 Å². The molecule has 0 amide bonds. The number of nitro groups is 1. The van der Waals surface area contributed by atoms with E-state index >= 15 is 0 Å². The van der Waals surface area contributed by atoms with Gasteiger partial charge in [0.05, 0.1) is 11.3 Å². The Hall–Kier alpha value is -2.15. The van der Waals surface area contributed by atoms with Crippen molar-refractivity contribution in [3.8, 4) is 11.8 Å². The zero-order valence-corrected chi connectivity index (χ0v) is 8.19. The van der Waals surface area contributed by atoms with Gasteiger partial charge in [-0.15, -0.1) is 0 Å². The van der Waals surface area contributed by atoms with Crippen molar-refractivity contribution in [1.29, 1.82) is 0 Å². The van der Waals surface area contributed by atoms with Gasteiger partial charge in [-0.25, -0.2) is 0 Å². The molecular formula is C11H9NO3. The molecule has 76 valence electrons. The zero-order valence-electron chi connectivity index (χ0n) is 8.19. The van der Waals surface area contributed by atoms with E-state index in [0.717, 1.165) is 0 Å². The molecule has 0 heterocycles. The van der Waals surface area contributed by atoms with E-state index in [0.29, 0.717) is 17.4 Å². The van der Waals surface area contributed by atoms with E-state index in [1.165, 1.54) is 0 Å². The molecule has 4 heteroatoms. The molecule has 1 rings (SSSR count). The fourth-order valence-electron chi connectivity index (χ4n) is 1.19. The van der Waals surface area contributed by atoms with E-state index in [9.17, 15) is 14.9 Å². The van der Waals surface area contributed by atoms with Crippen LogP contribution in [0.15, 0.2) is 18.2 Å². The van der Waals surface area contributed by atoms with Gasteiger partial charge < -0.3 is 4.79 Å². The highest BCUT2D eigenvalue weighted by Gasteiger charge is 2.14. The summed E-state index contributed by atoms with van der Waals surface area (Å²) in [5.74, 6) is 5.16. The first-order valence-corrected chi connectivity index (χ1v) is 4.33. The SMILES string of the molecule is Cc1cccc(C#CCC=O)c1[N+](=O)[O-]. The van der Waals surface area contributed by atoms with Gasteiger partial charge in [0, 0.05) is 5.56 Å². The maximum absolute atomic E-state index is 10.7. The summed E-state index contributed by atoms with van der Waals surface area (Å²) in [6, 6.07) is 4.93. The van der Waals surface area contributed by atoms with Crippen LogP contribution in [0.25, 0.3) is 0 Å². The van der Waals surface area contributed by atoms with E-state index in [4.69, 9.17) is 0 Å². The van der Waals surface area contributed by atoms with Gasteiger partial charge in [0.2, 0.25) is 0 Å². The van der Waals surface area contributed by atoms with Gasteiger partial charge in [-0.3, -0.25) is 10.1 Å². The summed E-state index contributed by atoms with van der Waals surface area (Å²) >= 11 is 0. The van der Waals surface area contributed by atoms with Gasteiger partial charge in [0.15, 0.2) is 0 Å². The first-order chi connectivity index (χ1) is 7.16. The third kappa shape index (κ3) is 2.64. The lowest BCUT2D eigenvalue weighted by atomic mass is 10.1. The second kappa shape index (κ2) is 4.91. The molecule has 0 radical (unpaired) electrons. The molecule has 0 saturated heterocycles. The first-order valence-electron chi connectivity index (χ1n) is 4.33. The van der Waals surface area contributed by atoms with Gasteiger partial charge in [0.1, 0.15) is 11.8 Å². The van der Waals surface area contributed by atoms with Gasteiger partial charge in [0.25, 0.3) is 5.69 Å². The van der Waals surface area contributed by atoms with Crippen LogP contribution < -0.4 is 0 Å². The number of hydrogen-bond acceptors (Lipinski definition) is 3. The molecule has 1 aromatic carbocycles. The monoisotopic (exact) mass is 203 g/mol. The van der Waals surface area contributed by atoms with Crippen molar-refractivity contribution >= 4 is 12.0 Å². The number of para-hydroxylation sites is 1. The Morgan fingerprint density at radius 2 is 2.27 bits per heavy atom. The van der Waals surface area contributed by atoms with Crippen LogP contribution in [0.5, 0.6) is 0 Å². The first kappa shape index (κ1) is 10.9. The number of rotatable bonds is 2. The predicted molar refractivity (Wildman–Crippen MR) is 55.4 cm³/mol. The highest BCUT2D eigenvalue weighted by Crippen LogP contribution is 2.21. The molecule has 0 bridgehead atoms. The van der Waals surface area contributed by atoms with Crippen LogP contribution in [0, 0.1) is 28.9 Å². The molecule has 0 fully saturated rings.